The highest BCUT2D eigenvalue weighted by atomic mass is 19.4. The van der Waals surface area contributed by atoms with Crippen molar-refractivity contribution in [1.82, 2.24) is 5.32 Å². The zero-order valence-electron chi connectivity index (χ0n) is 18.6. The second kappa shape index (κ2) is 9.97. The third-order valence-electron chi connectivity index (χ3n) is 6.52. The van der Waals surface area contributed by atoms with E-state index in [-0.39, 0.29) is 12.4 Å². The summed E-state index contributed by atoms with van der Waals surface area (Å²) in [5, 5.41) is 3.37. The number of halogens is 3. The lowest BCUT2D eigenvalue weighted by molar-refractivity contribution is -0.135. The average Bonchev–Trinajstić information content (AvgIpc) is 3.01. The molecule has 0 spiro atoms. The van der Waals surface area contributed by atoms with Crippen LogP contribution in [0.5, 0.6) is 0 Å². The Morgan fingerprint density at radius 3 is 2.65 bits per heavy atom. The van der Waals surface area contributed by atoms with E-state index in [0.29, 0.717) is 12.1 Å². The number of allylic oxidation sites excluding steroid dienone is 5. The van der Waals surface area contributed by atoms with Crippen LogP contribution in [-0.4, -0.2) is 19.4 Å². The maximum atomic E-state index is 12.3. The van der Waals surface area contributed by atoms with Gasteiger partial charge in [0, 0.05) is 18.1 Å². The van der Waals surface area contributed by atoms with Gasteiger partial charge in [0.05, 0.1) is 0 Å². The van der Waals surface area contributed by atoms with Crippen molar-refractivity contribution >= 4 is 12.9 Å². The Bertz CT molecular complexity index is 894. The van der Waals surface area contributed by atoms with E-state index in [2.05, 4.69) is 50.2 Å². The van der Waals surface area contributed by atoms with E-state index in [9.17, 15) is 13.2 Å². The van der Waals surface area contributed by atoms with Gasteiger partial charge in [-0.15, -0.1) is 0 Å². The van der Waals surface area contributed by atoms with Gasteiger partial charge in [-0.05, 0) is 80.5 Å². The second-order valence-electron chi connectivity index (χ2n) is 9.19. The lowest BCUT2D eigenvalue weighted by atomic mass is 9.57. The summed E-state index contributed by atoms with van der Waals surface area (Å²) < 4.78 is 37.0. The van der Waals surface area contributed by atoms with E-state index in [1.165, 1.54) is 39.0 Å². The molecule has 1 atom stereocenters. The predicted octanol–water partition coefficient (Wildman–Crippen LogP) is 6.80. The third-order valence-corrected chi connectivity index (χ3v) is 6.52. The minimum Gasteiger partial charge on any atom is -0.393 e. The summed E-state index contributed by atoms with van der Waals surface area (Å²) in [4.78, 5) is 0. The van der Waals surface area contributed by atoms with E-state index in [1.54, 1.807) is 0 Å². The molecule has 2 aliphatic rings. The number of nitrogens with one attached hydrogen (secondary N) is 1. The van der Waals surface area contributed by atoms with Gasteiger partial charge in [-0.2, -0.15) is 13.2 Å². The number of hydrogen-bond donors (Lipinski definition) is 1. The molecule has 1 aliphatic heterocycles. The van der Waals surface area contributed by atoms with Crippen LogP contribution in [0.3, 0.4) is 0 Å². The van der Waals surface area contributed by atoms with Crippen LogP contribution in [0.4, 0.5) is 13.2 Å². The fourth-order valence-corrected chi connectivity index (χ4v) is 4.88. The molecule has 0 aromatic heterocycles. The van der Waals surface area contributed by atoms with Crippen molar-refractivity contribution in [2.24, 2.45) is 0 Å². The Labute approximate surface area is 185 Å². The number of fused-ring (bicyclic) bond motifs is 1. The van der Waals surface area contributed by atoms with Crippen LogP contribution >= 0.6 is 0 Å². The predicted molar refractivity (Wildman–Crippen MR) is 126 cm³/mol. The van der Waals surface area contributed by atoms with Gasteiger partial charge in [0.2, 0.25) is 0 Å². The molecule has 1 heterocycles. The molecule has 0 fully saturated rings. The Hall–Kier alpha value is -2.17. The van der Waals surface area contributed by atoms with Crippen molar-refractivity contribution in [2.75, 3.05) is 0 Å². The Morgan fingerprint density at radius 1 is 1.19 bits per heavy atom. The first-order valence-electron chi connectivity index (χ1n) is 11.3. The molecule has 0 saturated carbocycles. The molecule has 0 radical (unpaired) electrons. The summed E-state index contributed by atoms with van der Waals surface area (Å²) in [6, 6.07) is 6.45. The highest BCUT2D eigenvalue weighted by molar-refractivity contribution is 6.38. The lowest BCUT2D eigenvalue weighted by Crippen LogP contribution is -2.40. The molecule has 3 rings (SSSR count). The van der Waals surface area contributed by atoms with Crippen LogP contribution in [0.1, 0.15) is 68.6 Å². The zero-order valence-corrected chi connectivity index (χ0v) is 18.6. The van der Waals surface area contributed by atoms with Crippen LogP contribution in [0.15, 0.2) is 60.4 Å². The van der Waals surface area contributed by atoms with Gasteiger partial charge in [-0.3, -0.25) is 0 Å². The molecule has 1 nitrogen and oxygen atoms in total. The van der Waals surface area contributed by atoms with E-state index >= 15 is 0 Å². The highest BCUT2D eigenvalue weighted by Gasteiger charge is 2.27. The average molecular weight is 427 g/mol. The molecular formula is C26H33BF3N. The number of benzene rings is 1. The van der Waals surface area contributed by atoms with Gasteiger partial charge in [0.15, 0.2) is 7.28 Å². The maximum Gasteiger partial charge on any atom is 0.389 e. The molecule has 1 aromatic rings. The largest absolute Gasteiger partial charge is 0.393 e. The molecule has 0 bridgehead atoms. The smallest absolute Gasteiger partial charge is 0.389 e. The summed E-state index contributed by atoms with van der Waals surface area (Å²) >= 11 is 0. The zero-order chi connectivity index (χ0) is 22.6. The standard InChI is InChI=1S/C26H33BF3N/c1-17-13-19(3)21(14-17)11-10-18(2)23-9-5-8-22-15-25(27-16-24(22)23)31-20(4)7-6-12-26(28,29)30/h5,8-9,25,27,31H,1-2,4,6-7,10-16H2,3H3. The summed E-state index contributed by atoms with van der Waals surface area (Å²) in [6.07, 6.45) is 1.53. The highest BCUT2D eigenvalue weighted by Crippen LogP contribution is 2.35. The minimum atomic E-state index is -4.09. The summed E-state index contributed by atoms with van der Waals surface area (Å²) in [6.45, 7) is 14.7. The van der Waals surface area contributed by atoms with Crippen molar-refractivity contribution in [3.05, 3.63) is 77.0 Å². The van der Waals surface area contributed by atoms with Crippen molar-refractivity contribution in [3.8, 4) is 0 Å². The normalized spacial score (nSPS) is 18.6. The molecule has 1 N–H and O–H groups in total. The molecule has 0 amide bonds. The monoisotopic (exact) mass is 427 g/mol. The molecule has 1 aromatic carbocycles. The molecular weight excluding hydrogens is 394 g/mol. The SMILES string of the molecule is C=C1CC(C)=C(CCC(=C)c2cccc3c2CBC(NC(=C)CCCC(F)(F)F)C3)C1. The Kier molecular flexibility index (Phi) is 7.56. The van der Waals surface area contributed by atoms with Gasteiger partial charge >= 0.3 is 6.18 Å². The van der Waals surface area contributed by atoms with Crippen LogP contribution in [0.25, 0.3) is 5.57 Å². The third kappa shape index (κ3) is 6.66. The molecule has 1 aliphatic carbocycles. The fraction of sp³-hybridized carbons (Fsp3) is 0.462. The van der Waals surface area contributed by atoms with Crippen LogP contribution < -0.4 is 5.32 Å². The van der Waals surface area contributed by atoms with Crippen molar-refractivity contribution in [1.29, 1.82) is 0 Å². The van der Waals surface area contributed by atoms with Crippen molar-refractivity contribution in [2.45, 2.75) is 76.7 Å². The van der Waals surface area contributed by atoms with Crippen LogP contribution in [-0.2, 0) is 12.7 Å². The van der Waals surface area contributed by atoms with Gasteiger partial charge in [-0.25, -0.2) is 0 Å². The van der Waals surface area contributed by atoms with Gasteiger partial charge in [0.25, 0.3) is 0 Å². The van der Waals surface area contributed by atoms with Crippen LogP contribution in [0.2, 0.25) is 0 Å². The lowest BCUT2D eigenvalue weighted by Gasteiger charge is -2.28. The topological polar surface area (TPSA) is 12.0 Å². The summed E-state index contributed by atoms with van der Waals surface area (Å²) in [5.41, 5.74) is 10.2. The van der Waals surface area contributed by atoms with Crippen molar-refractivity contribution < 1.29 is 13.2 Å². The second-order valence-corrected chi connectivity index (χ2v) is 9.19. The van der Waals surface area contributed by atoms with Gasteiger partial charge in [0.1, 0.15) is 0 Å². The van der Waals surface area contributed by atoms with E-state index in [4.69, 9.17) is 0 Å². The van der Waals surface area contributed by atoms with E-state index in [0.717, 1.165) is 45.7 Å². The molecule has 0 saturated heterocycles. The van der Waals surface area contributed by atoms with Gasteiger partial charge in [-0.1, -0.05) is 54.7 Å². The number of rotatable bonds is 9. The summed E-state index contributed by atoms with van der Waals surface area (Å²) in [7, 11) is 0.958. The van der Waals surface area contributed by atoms with E-state index < -0.39 is 12.6 Å². The first-order chi connectivity index (χ1) is 14.6. The summed E-state index contributed by atoms with van der Waals surface area (Å²) in [5.74, 6) is 0.228. The van der Waals surface area contributed by atoms with Gasteiger partial charge < -0.3 is 5.32 Å². The molecule has 1 unspecified atom stereocenters. The van der Waals surface area contributed by atoms with Crippen LogP contribution in [0, 0.1) is 0 Å². The first kappa shape index (κ1) is 23.5. The van der Waals surface area contributed by atoms with E-state index in [1.807, 2.05) is 0 Å². The number of alkyl halides is 3. The maximum absolute atomic E-state index is 12.3. The quantitative estimate of drug-likeness (QED) is 0.338. The fourth-order valence-electron chi connectivity index (χ4n) is 4.88. The Morgan fingerprint density at radius 2 is 1.97 bits per heavy atom. The minimum absolute atomic E-state index is 0.0892. The van der Waals surface area contributed by atoms with Crippen molar-refractivity contribution in [3.63, 3.8) is 0 Å². The Balaban J connectivity index is 1.55. The molecule has 166 valence electrons. The first-order valence-corrected chi connectivity index (χ1v) is 11.3. The molecule has 31 heavy (non-hydrogen) atoms. The molecule has 5 heteroatoms. The number of hydrogen-bond acceptors (Lipinski definition) is 1.